The molecule has 0 saturated carbocycles. The average Bonchev–Trinajstić information content (AvgIpc) is 2.35. The quantitative estimate of drug-likeness (QED) is 0.812. The van der Waals surface area contributed by atoms with Crippen molar-refractivity contribution in [2.45, 2.75) is 46.1 Å². The number of H-pyrrole nitrogens is 1. The molecule has 1 rings (SSSR count). The maximum atomic E-state index is 13.3. The largest absolute Gasteiger partial charge is 0.329 e. The summed E-state index contributed by atoms with van der Waals surface area (Å²) in [5, 5.41) is -0.525. The van der Waals surface area contributed by atoms with Crippen molar-refractivity contribution >= 4 is 11.6 Å². The third-order valence-corrected chi connectivity index (χ3v) is 3.33. The molecule has 0 spiro atoms. The molecule has 0 aliphatic heterocycles. The highest BCUT2D eigenvalue weighted by Crippen LogP contribution is 2.14. The lowest BCUT2D eigenvalue weighted by molar-refractivity contribution is 0.371. The molecule has 4 nitrogen and oxygen atoms in total. The van der Waals surface area contributed by atoms with E-state index in [1.165, 1.54) is 0 Å². The van der Waals surface area contributed by atoms with Gasteiger partial charge in [-0.2, -0.15) is 4.39 Å². The normalized spacial score (nSPS) is 12.7. The van der Waals surface area contributed by atoms with Crippen LogP contribution in [0.1, 0.15) is 39.5 Å². The van der Waals surface area contributed by atoms with Gasteiger partial charge in [0.15, 0.2) is 5.15 Å². The van der Waals surface area contributed by atoms with Crippen LogP contribution in [0, 0.1) is 11.7 Å². The van der Waals surface area contributed by atoms with Gasteiger partial charge in [0.25, 0.3) is 5.56 Å². The van der Waals surface area contributed by atoms with Crippen LogP contribution in [0.5, 0.6) is 0 Å². The molecular weight excluding hydrogens is 259 g/mol. The van der Waals surface area contributed by atoms with Crippen LogP contribution in [-0.4, -0.2) is 9.55 Å². The lowest BCUT2D eigenvalue weighted by Gasteiger charge is -2.15. The predicted molar refractivity (Wildman–Crippen MR) is 69.6 cm³/mol. The van der Waals surface area contributed by atoms with Gasteiger partial charge in [0.05, 0.1) is 0 Å². The molecule has 0 fully saturated rings. The number of unbranched alkanes of at least 4 members (excludes halogenated alkanes) is 1. The average molecular weight is 277 g/mol. The summed E-state index contributed by atoms with van der Waals surface area (Å²) in [6, 6.07) is 0. The van der Waals surface area contributed by atoms with Crippen molar-refractivity contribution < 1.29 is 4.39 Å². The number of rotatable bonds is 6. The molecular formula is C12H18ClFN2O2. The number of aromatic amines is 1. The Hall–Kier alpha value is -1.10. The lowest BCUT2D eigenvalue weighted by Crippen LogP contribution is -2.39. The third kappa shape index (κ3) is 3.45. The highest BCUT2D eigenvalue weighted by Gasteiger charge is 2.15. The molecule has 6 heteroatoms. The monoisotopic (exact) mass is 276 g/mol. The maximum Gasteiger partial charge on any atom is 0.329 e. The topological polar surface area (TPSA) is 54.9 Å². The Balaban J connectivity index is 3.00. The van der Waals surface area contributed by atoms with Crippen molar-refractivity contribution in [3.05, 3.63) is 31.8 Å². The zero-order valence-electron chi connectivity index (χ0n) is 10.6. The maximum absolute atomic E-state index is 13.3. The van der Waals surface area contributed by atoms with Crippen molar-refractivity contribution in [2.24, 2.45) is 5.92 Å². The van der Waals surface area contributed by atoms with Crippen LogP contribution in [0.25, 0.3) is 0 Å². The Morgan fingerprint density at radius 1 is 1.39 bits per heavy atom. The van der Waals surface area contributed by atoms with E-state index in [0.29, 0.717) is 0 Å². The molecule has 0 bridgehead atoms. The smallest absolute Gasteiger partial charge is 0.295 e. The van der Waals surface area contributed by atoms with Crippen molar-refractivity contribution in [1.82, 2.24) is 9.55 Å². The first kappa shape index (κ1) is 15.0. The first-order valence-electron chi connectivity index (χ1n) is 6.19. The number of hydrogen-bond acceptors (Lipinski definition) is 2. The molecule has 1 N–H and O–H groups in total. The molecule has 1 aromatic rings. The highest BCUT2D eigenvalue weighted by molar-refractivity contribution is 6.29. The molecule has 1 heterocycles. The number of halogens is 2. The fraction of sp³-hybridized carbons (Fsp3) is 0.667. The third-order valence-electron chi connectivity index (χ3n) is 3.07. The van der Waals surface area contributed by atoms with E-state index in [0.717, 1.165) is 30.3 Å². The lowest BCUT2D eigenvalue weighted by atomic mass is 9.99. The van der Waals surface area contributed by atoms with Gasteiger partial charge < -0.3 is 0 Å². The van der Waals surface area contributed by atoms with Gasteiger partial charge in [-0.1, -0.05) is 44.7 Å². The molecule has 0 radical (unpaired) electrons. The van der Waals surface area contributed by atoms with Gasteiger partial charge in [-0.25, -0.2) is 4.79 Å². The molecule has 1 atom stereocenters. The van der Waals surface area contributed by atoms with E-state index in [1.54, 1.807) is 0 Å². The highest BCUT2D eigenvalue weighted by atomic mass is 35.5. The minimum absolute atomic E-state index is 0.198. The number of aromatic nitrogens is 2. The van der Waals surface area contributed by atoms with Crippen LogP contribution < -0.4 is 11.2 Å². The van der Waals surface area contributed by atoms with Crippen LogP contribution in [0.15, 0.2) is 9.59 Å². The zero-order valence-corrected chi connectivity index (χ0v) is 11.4. The Bertz CT molecular complexity index is 510. The Labute approximate surface area is 110 Å². The van der Waals surface area contributed by atoms with Gasteiger partial charge in [-0.3, -0.25) is 14.3 Å². The minimum atomic E-state index is -1.10. The molecule has 0 amide bonds. The first-order valence-corrected chi connectivity index (χ1v) is 6.57. The van der Waals surface area contributed by atoms with Crippen LogP contribution >= 0.6 is 11.6 Å². The van der Waals surface area contributed by atoms with Crippen molar-refractivity contribution in [2.75, 3.05) is 0 Å². The summed E-state index contributed by atoms with van der Waals surface area (Å²) in [5.74, 6) is -0.897. The SMILES string of the molecule is CCCCC(CC)Cn1c(=O)[nH]c(Cl)c(F)c1=O. The van der Waals surface area contributed by atoms with E-state index in [-0.39, 0.29) is 12.5 Å². The van der Waals surface area contributed by atoms with Crippen LogP contribution in [-0.2, 0) is 6.54 Å². The molecule has 0 aliphatic rings. The van der Waals surface area contributed by atoms with E-state index in [9.17, 15) is 14.0 Å². The number of hydrogen-bond donors (Lipinski definition) is 1. The summed E-state index contributed by atoms with van der Waals surface area (Å²) >= 11 is 5.40. The molecule has 1 unspecified atom stereocenters. The van der Waals surface area contributed by atoms with Crippen LogP contribution in [0.2, 0.25) is 5.15 Å². The van der Waals surface area contributed by atoms with E-state index in [1.807, 2.05) is 6.92 Å². The summed E-state index contributed by atoms with van der Waals surface area (Å²) < 4.78 is 14.2. The molecule has 0 saturated heterocycles. The van der Waals surface area contributed by atoms with E-state index >= 15 is 0 Å². The second-order valence-electron chi connectivity index (χ2n) is 4.39. The predicted octanol–water partition coefficient (Wildman–Crippen LogP) is 2.55. The van der Waals surface area contributed by atoms with Crippen LogP contribution in [0.3, 0.4) is 0 Å². The summed E-state index contributed by atoms with van der Waals surface area (Å²) in [7, 11) is 0. The van der Waals surface area contributed by atoms with E-state index < -0.39 is 22.2 Å². The fourth-order valence-corrected chi connectivity index (χ4v) is 2.02. The zero-order chi connectivity index (χ0) is 13.7. The van der Waals surface area contributed by atoms with Crippen molar-refractivity contribution in [3.8, 4) is 0 Å². The van der Waals surface area contributed by atoms with Gasteiger partial charge in [0.2, 0.25) is 5.82 Å². The summed E-state index contributed by atoms with van der Waals surface area (Å²) in [5.41, 5.74) is -1.60. The van der Waals surface area contributed by atoms with Gasteiger partial charge in [0, 0.05) is 6.54 Å². The number of nitrogens with zero attached hydrogens (tertiary/aromatic N) is 1. The molecule has 0 aromatic carbocycles. The summed E-state index contributed by atoms with van der Waals surface area (Å²) in [6.07, 6.45) is 3.84. The van der Waals surface area contributed by atoms with Gasteiger partial charge in [-0.05, 0) is 12.3 Å². The Kier molecular flexibility index (Phi) is 5.59. The molecule has 1 aromatic heterocycles. The minimum Gasteiger partial charge on any atom is -0.295 e. The summed E-state index contributed by atoms with van der Waals surface area (Å²) in [6.45, 7) is 4.30. The Morgan fingerprint density at radius 3 is 2.61 bits per heavy atom. The van der Waals surface area contributed by atoms with E-state index in [2.05, 4.69) is 11.9 Å². The standard InChI is InChI=1S/C12H18ClFN2O2/c1-3-5-6-8(4-2)7-16-11(17)9(14)10(13)15-12(16)18/h8H,3-7H2,1-2H3,(H,15,18). The second kappa shape index (κ2) is 6.73. The first-order chi connectivity index (χ1) is 8.51. The van der Waals surface area contributed by atoms with Crippen molar-refractivity contribution in [3.63, 3.8) is 0 Å². The summed E-state index contributed by atoms with van der Waals surface area (Å²) in [4.78, 5) is 25.3. The Morgan fingerprint density at radius 2 is 2.06 bits per heavy atom. The van der Waals surface area contributed by atoms with Gasteiger partial charge in [0.1, 0.15) is 0 Å². The van der Waals surface area contributed by atoms with E-state index in [4.69, 9.17) is 11.6 Å². The van der Waals surface area contributed by atoms with Gasteiger partial charge in [-0.15, -0.1) is 0 Å². The number of nitrogens with one attached hydrogen (secondary N) is 1. The van der Waals surface area contributed by atoms with Crippen molar-refractivity contribution in [1.29, 1.82) is 0 Å². The molecule has 18 heavy (non-hydrogen) atoms. The second-order valence-corrected chi connectivity index (χ2v) is 4.77. The van der Waals surface area contributed by atoms with Gasteiger partial charge >= 0.3 is 5.69 Å². The van der Waals surface area contributed by atoms with Crippen LogP contribution in [0.4, 0.5) is 4.39 Å². The fourth-order valence-electron chi connectivity index (χ4n) is 1.86. The molecule has 102 valence electrons. The molecule has 0 aliphatic carbocycles.